The fourth-order valence-electron chi connectivity index (χ4n) is 4.42. The van der Waals surface area contributed by atoms with Crippen LogP contribution in [0.1, 0.15) is 25.3 Å². The Kier molecular flexibility index (Phi) is 5.79. The standard InChI is InChI=1S/C21H25Cl2N5O2/c1-15(29)25(2)18-10-24-28(12-18)20(30)27-8-6-21(14-27)5-7-26(13-21)11-16-9-17(22)3-4-19(16)23/h3-4,9-10,12H,5-8,11,13-14H2,1-2H3. The summed E-state index contributed by atoms with van der Waals surface area (Å²) < 4.78 is 1.33. The van der Waals surface area contributed by atoms with Crippen molar-refractivity contribution in [2.24, 2.45) is 5.41 Å². The molecule has 2 aliphatic heterocycles. The van der Waals surface area contributed by atoms with Gasteiger partial charge >= 0.3 is 6.03 Å². The van der Waals surface area contributed by atoms with Crippen LogP contribution in [-0.4, -0.2) is 64.7 Å². The van der Waals surface area contributed by atoms with Gasteiger partial charge < -0.3 is 9.80 Å². The molecule has 2 aliphatic rings. The molecule has 2 aromatic rings. The molecule has 160 valence electrons. The molecule has 2 saturated heterocycles. The molecule has 0 radical (unpaired) electrons. The number of benzene rings is 1. The summed E-state index contributed by atoms with van der Waals surface area (Å²) in [6.45, 7) is 5.56. The van der Waals surface area contributed by atoms with Gasteiger partial charge in [-0.15, -0.1) is 0 Å². The second-order valence-corrected chi connectivity index (χ2v) is 9.22. The van der Waals surface area contributed by atoms with Crippen molar-refractivity contribution < 1.29 is 9.59 Å². The van der Waals surface area contributed by atoms with E-state index in [2.05, 4.69) is 10.00 Å². The molecule has 0 aliphatic carbocycles. The lowest BCUT2D eigenvalue weighted by Crippen LogP contribution is -2.36. The van der Waals surface area contributed by atoms with Gasteiger partial charge in [-0.1, -0.05) is 23.2 Å². The van der Waals surface area contributed by atoms with E-state index >= 15 is 0 Å². The van der Waals surface area contributed by atoms with Gasteiger partial charge in [0.1, 0.15) is 0 Å². The lowest BCUT2D eigenvalue weighted by atomic mass is 9.86. The minimum Gasteiger partial charge on any atom is -0.322 e. The van der Waals surface area contributed by atoms with E-state index in [9.17, 15) is 9.59 Å². The molecule has 0 bridgehead atoms. The second-order valence-electron chi connectivity index (χ2n) is 8.37. The number of amides is 2. The number of hydrogen-bond acceptors (Lipinski definition) is 4. The Morgan fingerprint density at radius 3 is 2.73 bits per heavy atom. The summed E-state index contributed by atoms with van der Waals surface area (Å²) in [6.07, 6.45) is 5.17. The third kappa shape index (κ3) is 4.19. The number of anilines is 1. The van der Waals surface area contributed by atoms with Gasteiger partial charge in [0, 0.05) is 55.6 Å². The molecule has 2 fully saturated rings. The van der Waals surface area contributed by atoms with Crippen LogP contribution in [0.5, 0.6) is 0 Å². The van der Waals surface area contributed by atoms with Crippen molar-refractivity contribution in [2.75, 3.05) is 38.1 Å². The molecular formula is C21H25Cl2N5O2. The highest BCUT2D eigenvalue weighted by Gasteiger charge is 2.45. The van der Waals surface area contributed by atoms with E-state index in [1.54, 1.807) is 19.3 Å². The third-order valence-corrected chi connectivity index (χ3v) is 6.86. The minimum atomic E-state index is -0.147. The first kappa shape index (κ1) is 21.2. The van der Waals surface area contributed by atoms with Crippen molar-refractivity contribution in [1.82, 2.24) is 19.6 Å². The number of hydrogen-bond donors (Lipinski definition) is 0. The summed E-state index contributed by atoms with van der Waals surface area (Å²) >= 11 is 12.5. The molecule has 9 heteroatoms. The second kappa shape index (κ2) is 8.21. The fourth-order valence-corrected chi connectivity index (χ4v) is 4.79. The number of nitrogens with zero attached hydrogens (tertiary/aromatic N) is 5. The number of aromatic nitrogens is 2. The zero-order chi connectivity index (χ0) is 21.5. The molecule has 0 N–H and O–H groups in total. The van der Waals surface area contributed by atoms with E-state index in [1.807, 2.05) is 17.0 Å². The van der Waals surface area contributed by atoms with Gasteiger partial charge in [-0.2, -0.15) is 9.78 Å². The van der Waals surface area contributed by atoms with Crippen molar-refractivity contribution in [3.05, 3.63) is 46.2 Å². The number of rotatable bonds is 3. The Morgan fingerprint density at radius 2 is 1.97 bits per heavy atom. The Balaban J connectivity index is 1.39. The maximum Gasteiger partial charge on any atom is 0.344 e. The number of halogens is 2. The van der Waals surface area contributed by atoms with E-state index in [1.165, 1.54) is 22.7 Å². The lowest BCUT2D eigenvalue weighted by molar-refractivity contribution is -0.116. The molecule has 2 amide bonds. The molecule has 0 saturated carbocycles. The first-order valence-corrected chi connectivity index (χ1v) is 10.8. The van der Waals surface area contributed by atoms with Gasteiger partial charge in [0.15, 0.2) is 0 Å². The van der Waals surface area contributed by atoms with E-state index in [0.717, 1.165) is 43.1 Å². The fraction of sp³-hybridized carbons (Fsp3) is 0.476. The quantitative estimate of drug-likeness (QED) is 0.715. The molecule has 4 rings (SSSR count). The van der Waals surface area contributed by atoms with E-state index in [4.69, 9.17) is 23.2 Å². The van der Waals surface area contributed by atoms with Crippen molar-refractivity contribution in [1.29, 1.82) is 0 Å². The highest BCUT2D eigenvalue weighted by molar-refractivity contribution is 6.33. The highest BCUT2D eigenvalue weighted by atomic mass is 35.5. The zero-order valence-corrected chi connectivity index (χ0v) is 18.7. The molecule has 7 nitrogen and oxygen atoms in total. The third-order valence-electron chi connectivity index (χ3n) is 6.25. The molecule has 3 heterocycles. The Hall–Kier alpha value is -2.09. The van der Waals surface area contributed by atoms with Crippen LogP contribution < -0.4 is 4.90 Å². The summed E-state index contributed by atoms with van der Waals surface area (Å²) in [4.78, 5) is 30.2. The molecule has 1 aromatic carbocycles. The largest absolute Gasteiger partial charge is 0.344 e. The summed E-state index contributed by atoms with van der Waals surface area (Å²) in [7, 11) is 1.66. The lowest BCUT2D eigenvalue weighted by Gasteiger charge is -2.25. The van der Waals surface area contributed by atoms with Crippen LogP contribution in [0.15, 0.2) is 30.6 Å². The SMILES string of the molecule is CC(=O)N(C)c1cnn(C(=O)N2CCC3(CCN(Cc4cc(Cl)ccc4Cl)C3)C2)c1. The molecule has 1 aromatic heterocycles. The van der Waals surface area contributed by atoms with Gasteiger partial charge in [-0.3, -0.25) is 9.69 Å². The highest BCUT2D eigenvalue weighted by Crippen LogP contribution is 2.40. The average Bonchev–Trinajstić information content (AvgIpc) is 3.44. The predicted molar refractivity (Wildman–Crippen MR) is 117 cm³/mol. The Morgan fingerprint density at radius 1 is 1.20 bits per heavy atom. The van der Waals surface area contributed by atoms with E-state index in [-0.39, 0.29) is 17.4 Å². The predicted octanol–water partition coefficient (Wildman–Crippen LogP) is 3.74. The number of carbonyl (C=O) groups excluding carboxylic acids is 2. The van der Waals surface area contributed by atoms with E-state index in [0.29, 0.717) is 23.8 Å². The van der Waals surface area contributed by atoms with Crippen LogP contribution in [0.3, 0.4) is 0 Å². The van der Waals surface area contributed by atoms with Crippen LogP contribution in [0.25, 0.3) is 0 Å². The maximum absolute atomic E-state index is 12.9. The van der Waals surface area contributed by atoms with E-state index < -0.39 is 0 Å². The van der Waals surface area contributed by atoms with Crippen LogP contribution >= 0.6 is 23.2 Å². The van der Waals surface area contributed by atoms with Crippen molar-refractivity contribution in [3.8, 4) is 0 Å². The first-order chi connectivity index (χ1) is 14.3. The summed E-state index contributed by atoms with van der Waals surface area (Å²) in [5, 5.41) is 5.58. The summed E-state index contributed by atoms with van der Waals surface area (Å²) in [5.41, 5.74) is 1.74. The molecule has 1 spiro atoms. The Labute approximate surface area is 186 Å². The van der Waals surface area contributed by atoms with Gasteiger partial charge in [0.25, 0.3) is 0 Å². The van der Waals surface area contributed by atoms with Gasteiger partial charge in [0.05, 0.1) is 18.1 Å². The van der Waals surface area contributed by atoms with Crippen LogP contribution in [0.4, 0.5) is 10.5 Å². The first-order valence-electron chi connectivity index (χ1n) is 10.0. The zero-order valence-electron chi connectivity index (χ0n) is 17.1. The maximum atomic E-state index is 12.9. The summed E-state index contributed by atoms with van der Waals surface area (Å²) in [6, 6.07) is 5.41. The topological polar surface area (TPSA) is 61.7 Å². The molecule has 1 atom stereocenters. The monoisotopic (exact) mass is 449 g/mol. The smallest absolute Gasteiger partial charge is 0.322 e. The van der Waals surface area contributed by atoms with Crippen LogP contribution in [0, 0.1) is 5.41 Å². The normalized spacial score (nSPS) is 21.5. The Bertz CT molecular complexity index is 978. The van der Waals surface area contributed by atoms with Gasteiger partial charge in [0.2, 0.25) is 5.91 Å². The molecular weight excluding hydrogens is 425 g/mol. The average molecular weight is 450 g/mol. The minimum absolute atomic E-state index is 0.104. The summed E-state index contributed by atoms with van der Waals surface area (Å²) in [5.74, 6) is -0.104. The van der Waals surface area contributed by atoms with Crippen LogP contribution in [-0.2, 0) is 11.3 Å². The van der Waals surface area contributed by atoms with Crippen molar-refractivity contribution >= 4 is 40.8 Å². The molecule has 1 unspecified atom stereocenters. The van der Waals surface area contributed by atoms with Gasteiger partial charge in [-0.25, -0.2) is 4.79 Å². The van der Waals surface area contributed by atoms with Crippen molar-refractivity contribution in [2.45, 2.75) is 26.3 Å². The molecule has 30 heavy (non-hydrogen) atoms. The van der Waals surface area contributed by atoms with Crippen molar-refractivity contribution in [3.63, 3.8) is 0 Å². The van der Waals surface area contributed by atoms with Crippen LogP contribution in [0.2, 0.25) is 10.0 Å². The number of likely N-dealkylation sites (tertiary alicyclic amines) is 2. The number of carbonyl (C=O) groups is 2. The van der Waals surface area contributed by atoms with Gasteiger partial charge in [-0.05, 0) is 43.1 Å².